The van der Waals surface area contributed by atoms with Crippen molar-refractivity contribution in [2.45, 2.75) is 58.7 Å². The van der Waals surface area contributed by atoms with E-state index in [1.165, 1.54) is 11.1 Å². The van der Waals surface area contributed by atoms with E-state index in [0.717, 1.165) is 25.7 Å². The fraction of sp³-hybridized carbons (Fsp3) is 0.842. The lowest BCUT2D eigenvalue weighted by Gasteiger charge is -2.63. The third kappa shape index (κ3) is 1.80. The van der Waals surface area contributed by atoms with Gasteiger partial charge in [0.05, 0.1) is 5.41 Å². The molecule has 4 heteroatoms. The summed E-state index contributed by atoms with van der Waals surface area (Å²) in [6, 6.07) is 0. The summed E-state index contributed by atoms with van der Waals surface area (Å²) in [5.41, 5.74) is 1.91. The molecule has 130 valence electrons. The number of aliphatic hydroxyl groups is 1. The summed E-state index contributed by atoms with van der Waals surface area (Å²) in [5, 5.41) is 9.70. The van der Waals surface area contributed by atoms with Crippen LogP contribution in [0.25, 0.3) is 0 Å². The largest absolute Gasteiger partial charge is 0.396 e. The Morgan fingerprint density at radius 1 is 1.22 bits per heavy atom. The van der Waals surface area contributed by atoms with E-state index in [1.807, 2.05) is 0 Å². The number of ketones is 1. The first kappa shape index (κ1) is 17.1. The normalized spacial score (nSPS) is 38.6. The Balaban J connectivity index is 2.26. The molecule has 4 aliphatic rings. The van der Waals surface area contributed by atoms with Crippen LogP contribution < -0.4 is 0 Å². The molecule has 0 amide bonds. The van der Waals surface area contributed by atoms with Gasteiger partial charge in [-0.3, -0.25) is 4.79 Å². The molecule has 0 aromatic carbocycles. The van der Waals surface area contributed by atoms with E-state index in [2.05, 4.69) is 20.8 Å². The number of carbonyl (C=O) groups is 1. The van der Waals surface area contributed by atoms with Crippen LogP contribution in [0.4, 0.5) is 0 Å². The first-order chi connectivity index (χ1) is 10.8. The number of Topliss-reactive ketones (excluding diaryl/α,β-unsaturated/α-hetero) is 1. The topological polar surface area (TPSA) is 55.8 Å². The predicted octanol–water partition coefficient (Wildman–Crippen LogP) is 3.09. The molecule has 4 nitrogen and oxygen atoms in total. The molecule has 3 atom stereocenters. The maximum Gasteiger partial charge on any atom is 0.235 e. The SMILES string of the molecule is COC1(OC)C(=O)[C@]23CCC(C(C)C)=C2[C@@H](CCO)[C@@]1(C)CC3. The van der Waals surface area contributed by atoms with Gasteiger partial charge in [0.25, 0.3) is 0 Å². The minimum absolute atomic E-state index is 0.114. The van der Waals surface area contributed by atoms with Gasteiger partial charge >= 0.3 is 0 Å². The molecule has 0 heterocycles. The van der Waals surface area contributed by atoms with Crippen molar-refractivity contribution in [3.8, 4) is 0 Å². The van der Waals surface area contributed by atoms with Crippen LogP contribution in [0, 0.1) is 22.7 Å². The van der Waals surface area contributed by atoms with Crippen molar-refractivity contribution >= 4 is 5.78 Å². The highest BCUT2D eigenvalue weighted by Crippen LogP contribution is 2.70. The third-order valence-electron chi connectivity index (χ3n) is 7.05. The van der Waals surface area contributed by atoms with E-state index in [0.29, 0.717) is 12.3 Å². The van der Waals surface area contributed by atoms with Crippen molar-refractivity contribution < 1.29 is 19.4 Å². The molecule has 0 saturated heterocycles. The summed E-state index contributed by atoms with van der Waals surface area (Å²) >= 11 is 0. The highest BCUT2D eigenvalue weighted by molar-refractivity contribution is 5.98. The Morgan fingerprint density at radius 3 is 2.39 bits per heavy atom. The number of fused-ring (bicyclic) bond motifs is 2. The van der Waals surface area contributed by atoms with E-state index < -0.39 is 16.6 Å². The predicted molar refractivity (Wildman–Crippen MR) is 87.8 cm³/mol. The molecule has 0 radical (unpaired) electrons. The lowest BCUT2D eigenvalue weighted by molar-refractivity contribution is -0.295. The number of carbonyl (C=O) groups excluding carboxylic acids is 1. The average Bonchev–Trinajstić information content (AvgIpc) is 2.92. The molecule has 0 aromatic heterocycles. The fourth-order valence-corrected chi connectivity index (χ4v) is 5.95. The maximum absolute atomic E-state index is 13.6. The van der Waals surface area contributed by atoms with Gasteiger partial charge in [-0.25, -0.2) is 0 Å². The summed E-state index contributed by atoms with van der Waals surface area (Å²) in [4.78, 5) is 13.6. The molecule has 2 bridgehead atoms. The van der Waals surface area contributed by atoms with E-state index in [1.54, 1.807) is 14.2 Å². The number of ether oxygens (including phenoxy) is 2. The highest BCUT2D eigenvalue weighted by atomic mass is 16.7. The van der Waals surface area contributed by atoms with Crippen LogP contribution in [0.15, 0.2) is 11.1 Å². The zero-order chi connectivity index (χ0) is 17.0. The minimum Gasteiger partial charge on any atom is -0.396 e. The van der Waals surface area contributed by atoms with Gasteiger partial charge < -0.3 is 14.6 Å². The first-order valence-corrected chi connectivity index (χ1v) is 8.84. The third-order valence-corrected chi connectivity index (χ3v) is 7.05. The van der Waals surface area contributed by atoms with Crippen molar-refractivity contribution in [3.63, 3.8) is 0 Å². The molecule has 23 heavy (non-hydrogen) atoms. The second kappa shape index (κ2) is 5.40. The number of rotatable bonds is 5. The Labute approximate surface area is 139 Å². The lowest BCUT2D eigenvalue weighted by atomic mass is 9.44. The van der Waals surface area contributed by atoms with Gasteiger partial charge in [0.1, 0.15) is 0 Å². The average molecular weight is 322 g/mol. The van der Waals surface area contributed by atoms with Gasteiger partial charge in [-0.1, -0.05) is 31.9 Å². The number of methoxy groups -OCH3 is 2. The van der Waals surface area contributed by atoms with E-state index in [9.17, 15) is 9.90 Å². The van der Waals surface area contributed by atoms with Crippen molar-refractivity contribution in [1.29, 1.82) is 0 Å². The van der Waals surface area contributed by atoms with Crippen LogP contribution >= 0.6 is 0 Å². The Morgan fingerprint density at radius 2 is 1.87 bits per heavy atom. The molecule has 0 aromatic rings. The van der Waals surface area contributed by atoms with E-state index >= 15 is 0 Å². The second-order valence-electron chi connectivity index (χ2n) is 8.01. The minimum atomic E-state index is -1.18. The number of hydrogen-bond donors (Lipinski definition) is 1. The number of allylic oxidation sites excluding steroid dienone is 2. The molecule has 3 saturated carbocycles. The summed E-state index contributed by atoms with van der Waals surface area (Å²) in [7, 11) is 3.17. The molecule has 0 unspecified atom stereocenters. The second-order valence-corrected chi connectivity index (χ2v) is 8.01. The van der Waals surface area contributed by atoms with Gasteiger partial charge in [-0.15, -0.1) is 0 Å². The van der Waals surface area contributed by atoms with Crippen LogP contribution in [0.1, 0.15) is 52.9 Å². The molecule has 3 fully saturated rings. The van der Waals surface area contributed by atoms with Gasteiger partial charge in [0, 0.05) is 26.2 Å². The molecular formula is C19H30O4. The van der Waals surface area contributed by atoms with Gasteiger partial charge in [0.15, 0.2) is 0 Å². The lowest BCUT2D eigenvalue weighted by Crippen LogP contribution is -2.71. The van der Waals surface area contributed by atoms with Crippen molar-refractivity contribution in [2.24, 2.45) is 22.7 Å². The molecule has 1 N–H and O–H groups in total. The fourth-order valence-electron chi connectivity index (χ4n) is 5.95. The Kier molecular flexibility index (Phi) is 4.02. The standard InChI is InChI=1S/C19H30O4/c1-12(2)13-6-8-18-10-9-17(3,14(7-11-20)15(13)18)19(22-4,23-5)16(18)21/h12,14,20H,6-11H2,1-5H3/t14-,17-,18+/m1/s1. The summed E-state index contributed by atoms with van der Waals surface area (Å²) in [6.07, 6.45) is 4.33. The maximum atomic E-state index is 13.6. The van der Waals surface area contributed by atoms with Crippen LogP contribution in [0.5, 0.6) is 0 Å². The van der Waals surface area contributed by atoms with Crippen LogP contribution in [-0.2, 0) is 14.3 Å². The van der Waals surface area contributed by atoms with Crippen molar-refractivity contribution in [3.05, 3.63) is 11.1 Å². The van der Waals surface area contributed by atoms with Crippen LogP contribution in [0.3, 0.4) is 0 Å². The Bertz CT molecular complexity index is 546. The summed E-state index contributed by atoms with van der Waals surface area (Å²) < 4.78 is 11.6. The zero-order valence-corrected chi connectivity index (χ0v) is 15.1. The van der Waals surface area contributed by atoms with E-state index in [-0.39, 0.29) is 18.3 Å². The molecule has 1 spiro atoms. The summed E-state index contributed by atoms with van der Waals surface area (Å²) in [6.45, 7) is 6.67. The smallest absolute Gasteiger partial charge is 0.235 e. The van der Waals surface area contributed by atoms with Crippen LogP contribution in [-0.4, -0.2) is 37.5 Å². The molecule has 4 rings (SSSR count). The van der Waals surface area contributed by atoms with Gasteiger partial charge in [0.2, 0.25) is 11.6 Å². The van der Waals surface area contributed by atoms with Crippen molar-refractivity contribution in [1.82, 2.24) is 0 Å². The molecular weight excluding hydrogens is 292 g/mol. The first-order valence-electron chi connectivity index (χ1n) is 8.84. The van der Waals surface area contributed by atoms with Gasteiger partial charge in [-0.2, -0.15) is 0 Å². The zero-order valence-electron chi connectivity index (χ0n) is 15.1. The van der Waals surface area contributed by atoms with E-state index in [4.69, 9.17) is 9.47 Å². The van der Waals surface area contributed by atoms with Gasteiger partial charge in [-0.05, 0) is 43.9 Å². The van der Waals surface area contributed by atoms with Crippen molar-refractivity contribution in [2.75, 3.05) is 20.8 Å². The quantitative estimate of drug-likeness (QED) is 0.624. The summed E-state index contributed by atoms with van der Waals surface area (Å²) in [5.74, 6) is -0.468. The highest BCUT2D eigenvalue weighted by Gasteiger charge is 2.74. The Hall–Kier alpha value is -0.710. The molecule has 4 aliphatic carbocycles. The monoisotopic (exact) mass is 322 g/mol. The molecule has 0 aliphatic heterocycles. The number of hydrogen-bond acceptors (Lipinski definition) is 4. The van der Waals surface area contributed by atoms with Crippen LogP contribution in [0.2, 0.25) is 0 Å². The number of aliphatic hydroxyl groups excluding tert-OH is 1.